The molecule has 2 nitrogen and oxygen atoms in total. The van der Waals surface area contributed by atoms with Crippen LogP contribution in [-0.2, 0) is 26.2 Å². The van der Waals surface area contributed by atoms with Crippen LogP contribution in [0.15, 0.2) is 78.9 Å². The lowest BCUT2D eigenvalue weighted by atomic mass is 9.69. The van der Waals surface area contributed by atoms with Crippen molar-refractivity contribution < 1.29 is 9.46 Å². The second-order valence-corrected chi connectivity index (χ2v) is 17.0. The first-order chi connectivity index (χ1) is 19.7. The SMILES string of the molecule is CC(C)(C)c1cccc(C(C)(C)C)c1-c1c(-c2ccccc2)ccc([P+](=O)O)c1-c1c(C(C)(C)C)cccc1C(C)(C)C. The van der Waals surface area contributed by atoms with Gasteiger partial charge in [0.15, 0.2) is 0 Å². The molecule has 4 aromatic carbocycles. The first kappa shape index (κ1) is 32.8. The number of hydrogen-bond donors (Lipinski definition) is 1. The number of hydrogen-bond acceptors (Lipinski definition) is 1. The van der Waals surface area contributed by atoms with E-state index in [0.29, 0.717) is 5.30 Å². The first-order valence-corrected chi connectivity index (χ1v) is 16.6. The van der Waals surface area contributed by atoms with Gasteiger partial charge in [-0.25, -0.2) is 0 Å². The van der Waals surface area contributed by atoms with E-state index in [9.17, 15) is 9.46 Å². The van der Waals surface area contributed by atoms with Crippen molar-refractivity contribution in [2.24, 2.45) is 0 Å². The lowest BCUT2D eigenvalue weighted by Gasteiger charge is -2.34. The van der Waals surface area contributed by atoms with E-state index in [0.717, 1.165) is 27.8 Å². The van der Waals surface area contributed by atoms with E-state index in [1.807, 2.05) is 12.1 Å². The minimum Gasteiger partial charge on any atom is -0.156 e. The Labute approximate surface area is 261 Å². The molecule has 0 bridgehead atoms. The van der Waals surface area contributed by atoms with Crippen molar-refractivity contribution in [1.82, 2.24) is 0 Å². The monoisotopic (exact) mass is 593 g/mol. The van der Waals surface area contributed by atoms with E-state index in [-0.39, 0.29) is 21.7 Å². The molecule has 0 amide bonds. The molecule has 0 saturated heterocycles. The Hall–Kier alpha value is -3.06. The summed E-state index contributed by atoms with van der Waals surface area (Å²) in [6.45, 7) is 27.0. The van der Waals surface area contributed by atoms with Crippen molar-refractivity contribution in [3.8, 4) is 33.4 Å². The van der Waals surface area contributed by atoms with Crippen LogP contribution < -0.4 is 5.30 Å². The van der Waals surface area contributed by atoms with Crippen LogP contribution in [0.25, 0.3) is 33.4 Å². The maximum Gasteiger partial charge on any atom is 0.546 e. The molecule has 0 aliphatic heterocycles. The van der Waals surface area contributed by atoms with Crippen molar-refractivity contribution in [3.63, 3.8) is 0 Å². The van der Waals surface area contributed by atoms with Gasteiger partial charge >= 0.3 is 8.03 Å². The minimum atomic E-state index is -2.65. The first-order valence-electron chi connectivity index (χ1n) is 15.4. The van der Waals surface area contributed by atoms with Gasteiger partial charge in [-0.1, -0.05) is 150 Å². The smallest absolute Gasteiger partial charge is 0.156 e. The fourth-order valence-electron chi connectivity index (χ4n) is 6.27. The molecule has 3 heteroatoms. The molecule has 1 N–H and O–H groups in total. The molecule has 0 fully saturated rings. The highest BCUT2D eigenvalue weighted by molar-refractivity contribution is 7.47. The van der Waals surface area contributed by atoms with Gasteiger partial charge in [-0.15, -0.1) is 0 Å². The molecular formula is C40H50O2P+. The third-order valence-corrected chi connectivity index (χ3v) is 9.12. The van der Waals surface area contributed by atoms with Crippen LogP contribution in [0.1, 0.15) is 105 Å². The predicted octanol–water partition coefficient (Wildman–Crippen LogP) is 11.2. The van der Waals surface area contributed by atoms with E-state index >= 15 is 0 Å². The molecule has 0 aliphatic carbocycles. The molecule has 0 saturated carbocycles. The molecule has 1 atom stereocenters. The molecule has 0 spiro atoms. The van der Waals surface area contributed by atoms with Crippen LogP contribution >= 0.6 is 8.03 Å². The van der Waals surface area contributed by atoms with Crippen molar-refractivity contribution >= 4 is 13.3 Å². The largest absolute Gasteiger partial charge is 0.546 e. The summed E-state index contributed by atoms with van der Waals surface area (Å²) in [5, 5.41) is 0.482. The molecule has 0 aromatic heterocycles. The van der Waals surface area contributed by atoms with E-state index in [4.69, 9.17) is 0 Å². The summed E-state index contributed by atoms with van der Waals surface area (Å²) in [7, 11) is -2.65. The normalized spacial score (nSPS) is 13.3. The molecule has 4 aromatic rings. The Morgan fingerprint density at radius 2 is 0.814 bits per heavy atom. The van der Waals surface area contributed by atoms with Gasteiger partial charge in [0.2, 0.25) is 5.30 Å². The highest BCUT2D eigenvalue weighted by Gasteiger charge is 2.37. The van der Waals surface area contributed by atoms with Gasteiger partial charge in [-0.05, 0) is 82.9 Å². The standard InChI is InChI=1S/C40H49O2P/c1-37(2,3)28-20-16-21-29(38(4,5)6)34(28)33-27(26-18-14-13-15-19-26)24-25-32(43(41)42)36(33)35-30(39(7,8)9)22-17-23-31(35)40(10,11)12/h13-25H,1-12H3/p+1. The van der Waals surface area contributed by atoms with E-state index in [2.05, 4.69) is 150 Å². The number of benzene rings is 4. The Morgan fingerprint density at radius 1 is 0.442 bits per heavy atom. The lowest BCUT2D eigenvalue weighted by molar-refractivity contribution is 0.513. The fourth-order valence-corrected chi connectivity index (χ4v) is 6.88. The quantitative estimate of drug-likeness (QED) is 0.239. The van der Waals surface area contributed by atoms with Gasteiger partial charge in [0.25, 0.3) is 0 Å². The van der Waals surface area contributed by atoms with Crippen molar-refractivity contribution in [2.45, 2.75) is 105 Å². The van der Waals surface area contributed by atoms with Gasteiger partial charge in [0.05, 0.1) is 0 Å². The van der Waals surface area contributed by atoms with Gasteiger partial charge < -0.3 is 0 Å². The fraction of sp³-hybridized carbons (Fsp3) is 0.400. The number of rotatable bonds is 4. The average Bonchev–Trinajstić information content (AvgIpc) is 2.89. The molecule has 0 radical (unpaired) electrons. The van der Waals surface area contributed by atoms with Crippen molar-refractivity contribution in [1.29, 1.82) is 0 Å². The summed E-state index contributed by atoms with van der Waals surface area (Å²) in [5.41, 5.74) is 10.4. The van der Waals surface area contributed by atoms with Crippen LogP contribution in [0.2, 0.25) is 0 Å². The van der Waals surface area contributed by atoms with Crippen LogP contribution in [0.5, 0.6) is 0 Å². The summed E-state index contributed by atoms with van der Waals surface area (Å²) in [5.74, 6) is 0. The third kappa shape index (κ3) is 6.57. The second kappa shape index (κ2) is 11.5. The second-order valence-electron chi connectivity index (χ2n) is 16.0. The van der Waals surface area contributed by atoms with E-state index < -0.39 is 8.03 Å². The van der Waals surface area contributed by atoms with Crippen LogP contribution in [-0.4, -0.2) is 4.89 Å². The van der Waals surface area contributed by atoms with Gasteiger partial charge in [-0.3, -0.25) is 0 Å². The molecule has 0 aliphatic rings. The van der Waals surface area contributed by atoms with E-state index in [1.165, 1.54) is 27.8 Å². The highest BCUT2D eigenvalue weighted by Crippen LogP contribution is 2.51. The Bertz CT molecular complexity index is 1590. The summed E-state index contributed by atoms with van der Waals surface area (Å²) >= 11 is 0. The van der Waals surface area contributed by atoms with E-state index in [1.54, 1.807) is 0 Å². The van der Waals surface area contributed by atoms with Crippen LogP contribution in [0.4, 0.5) is 0 Å². The molecule has 1 unspecified atom stereocenters. The minimum absolute atomic E-state index is 0.171. The molecule has 4 rings (SSSR count). The third-order valence-electron chi connectivity index (χ3n) is 8.34. The van der Waals surface area contributed by atoms with Gasteiger partial charge in [0.1, 0.15) is 0 Å². The highest BCUT2D eigenvalue weighted by atomic mass is 31.1. The van der Waals surface area contributed by atoms with Crippen LogP contribution in [0, 0.1) is 0 Å². The molecule has 0 heterocycles. The van der Waals surface area contributed by atoms with Crippen molar-refractivity contribution in [3.05, 3.63) is 101 Å². The summed E-state index contributed by atoms with van der Waals surface area (Å²) in [4.78, 5) is 11.1. The Balaban J connectivity index is 2.46. The Morgan fingerprint density at radius 3 is 1.16 bits per heavy atom. The zero-order valence-electron chi connectivity index (χ0n) is 28.3. The zero-order chi connectivity index (χ0) is 32.1. The summed E-state index contributed by atoms with van der Waals surface area (Å²) in [6, 6.07) is 27.7. The van der Waals surface area contributed by atoms with Gasteiger partial charge in [-0.2, -0.15) is 4.89 Å². The average molecular weight is 594 g/mol. The zero-order valence-corrected chi connectivity index (χ0v) is 29.2. The van der Waals surface area contributed by atoms with Crippen molar-refractivity contribution in [2.75, 3.05) is 0 Å². The molecular weight excluding hydrogens is 543 g/mol. The summed E-state index contributed by atoms with van der Waals surface area (Å²) < 4.78 is 13.5. The molecule has 43 heavy (non-hydrogen) atoms. The topological polar surface area (TPSA) is 37.3 Å². The maximum absolute atomic E-state index is 13.5. The maximum atomic E-state index is 13.5. The van der Waals surface area contributed by atoms with Gasteiger partial charge in [0, 0.05) is 11.1 Å². The molecule has 226 valence electrons. The lowest BCUT2D eigenvalue weighted by Crippen LogP contribution is -2.23. The predicted molar refractivity (Wildman–Crippen MR) is 187 cm³/mol. The van der Waals surface area contributed by atoms with Crippen LogP contribution in [0.3, 0.4) is 0 Å². The summed E-state index contributed by atoms with van der Waals surface area (Å²) in [6.07, 6.45) is 0. The Kier molecular flexibility index (Phi) is 8.75.